The van der Waals surface area contributed by atoms with Gasteiger partial charge in [0, 0.05) is 44.3 Å². The quantitative estimate of drug-likeness (QED) is 0.588. The average Bonchev–Trinajstić information content (AvgIpc) is 3.75. The molecule has 0 bridgehead atoms. The number of piperazine rings is 1. The SMILES string of the molecule is CC1=C(c2cc(N3CCN(C)CC3)cc(S(=O)(=O)C3CC3)c2)C=CC(NC(=O)c2cnc(C)nc2)=C=C1. The lowest BCUT2D eigenvalue weighted by atomic mass is 9.99. The third kappa shape index (κ3) is 5.59. The molecule has 1 N–H and O–H groups in total. The number of hydrogen-bond donors (Lipinski definition) is 1. The van der Waals surface area contributed by atoms with Crippen LogP contribution in [-0.4, -0.2) is 67.7 Å². The van der Waals surface area contributed by atoms with E-state index >= 15 is 0 Å². The molecule has 0 unspecified atom stereocenters. The lowest BCUT2D eigenvalue weighted by molar-refractivity contribution is 0.0966. The standard InChI is InChI=1S/C28H31N5O3S/c1-19-4-5-23(31-28(34)22-17-29-20(2)30-18-22)6-9-27(19)21-14-24(33-12-10-32(3)11-13-33)16-26(15-21)37(35,36)25-7-8-25/h4,6,9,14-18,25H,7-8,10-13H2,1-3H3,(H,31,34). The Kier molecular flexibility index (Phi) is 6.86. The van der Waals surface area contributed by atoms with Crippen molar-refractivity contribution < 1.29 is 13.2 Å². The largest absolute Gasteiger partial charge is 0.369 e. The number of benzene rings is 1. The molecule has 0 spiro atoms. The summed E-state index contributed by atoms with van der Waals surface area (Å²) >= 11 is 0. The fraction of sp³-hybridized carbons (Fsp3) is 0.357. The van der Waals surface area contributed by atoms with Gasteiger partial charge in [-0.3, -0.25) is 4.79 Å². The summed E-state index contributed by atoms with van der Waals surface area (Å²) in [6.45, 7) is 7.27. The summed E-state index contributed by atoms with van der Waals surface area (Å²) in [5.74, 6) is 0.271. The lowest BCUT2D eigenvalue weighted by Gasteiger charge is -2.34. The maximum atomic E-state index is 13.3. The molecule has 1 aliphatic heterocycles. The van der Waals surface area contributed by atoms with Gasteiger partial charge in [0.05, 0.1) is 21.4 Å². The monoisotopic (exact) mass is 517 g/mol. The number of amides is 1. The summed E-state index contributed by atoms with van der Waals surface area (Å²) in [7, 11) is -1.27. The van der Waals surface area contributed by atoms with Crippen LogP contribution in [0.1, 0.15) is 41.5 Å². The van der Waals surface area contributed by atoms with E-state index in [9.17, 15) is 13.2 Å². The van der Waals surface area contributed by atoms with Gasteiger partial charge in [0.1, 0.15) is 5.82 Å². The highest BCUT2D eigenvalue weighted by Crippen LogP contribution is 2.37. The second-order valence-electron chi connectivity index (χ2n) is 9.86. The molecule has 1 saturated carbocycles. The van der Waals surface area contributed by atoms with E-state index in [0.717, 1.165) is 61.4 Å². The van der Waals surface area contributed by atoms with Crippen molar-refractivity contribution in [1.29, 1.82) is 0 Å². The van der Waals surface area contributed by atoms with Gasteiger partial charge in [0.2, 0.25) is 0 Å². The van der Waals surface area contributed by atoms with Crippen LogP contribution in [-0.2, 0) is 9.84 Å². The van der Waals surface area contributed by atoms with Crippen molar-refractivity contribution in [2.24, 2.45) is 0 Å². The van der Waals surface area contributed by atoms with E-state index < -0.39 is 9.84 Å². The van der Waals surface area contributed by atoms with Crippen LogP contribution in [0.15, 0.2) is 70.7 Å². The highest BCUT2D eigenvalue weighted by Gasteiger charge is 2.37. The normalized spacial score (nSPS) is 18.6. The number of carbonyl (C=O) groups excluding carboxylic acids is 1. The predicted molar refractivity (Wildman–Crippen MR) is 144 cm³/mol. The molecule has 192 valence electrons. The van der Waals surface area contributed by atoms with Gasteiger partial charge >= 0.3 is 0 Å². The molecule has 8 nitrogen and oxygen atoms in total. The van der Waals surface area contributed by atoms with E-state index in [1.165, 1.54) is 12.4 Å². The molecule has 1 aromatic carbocycles. The van der Waals surface area contributed by atoms with Gasteiger partial charge in [-0.15, -0.1) is 0 Å². The Bertz CT molecular complexity index is 1460. The molecule has 2 aromatic rings. The first-order valence-corrected chi connectivity index (χ1v) is 14.0. The third-order valence-corrected chi connectivity index (χ3v) is 9.18. The minimum atomic E-state index is -3.37. The topological polar surface area (TPSA) is 95.5 Å². The first-order chi connectivity index (χ1) is 17.7. The van der Waals surface area contributed by atoms with E-state index in [4.69, 9.17) is 0 Å². The molecule has 0 radical (unpaired) electrons. The van der Waals surface area contributed by atoms with E-state index in [1.807, 2.05) is 25.1 Å². The number of likely N-dealkylation sites (N-methyl/N-ethyl adjacent to an activating group) is 1. The van der Waals surface area contributed by atoms with Crippen molar-refractivity contribution in [2.75, 3.05) is 38.1 Å². The van der Waals surface area contributed by atoms with Gasteiger partial charge in [-0.1, -0.05) is 11.8 Å². The Morgan fingerprint density at radius 3 is 2.41 bits per heavy atom. The number of carbonyl (C=O) groups is 1. The molecule has 2 aliphatic carbocycles. The highest BCUT2D eigenvalue weighted by atomic mass is 32.2. The first-order valence-electron chi connectivity index (χ1n) is 12.5. The smallest absolute Gasteiger partial charge is 0.259 e. The van der Waals surface area contributed by atoms with Crippen LogP contribution in [0, 0.1) is 6.92 Å². The molecule has 0 atom stereocenters. The lowest BCUT2D eigenvalue weighted by Crippen LogP contribution is -2.44. The predicted octanol–water partition coefficient (Wildman–Crippen LogP) is 3.29. The minimum absolute atomic E-state index is 0.281. The minimum Gasteiger partial charge on any atom is -0.369 e. The van der Waals surface area contributed by atoms with Crippen LogP contribution >= 0.6 is 0 Å². The summed E-state index contributed by atoms with van der Waals surface area (Å²) < 4.78 is 26.5. The molecule has 1 aromatic heterocycles. The Balaban J connectivity index is 1.45. The maximum absolute atomic E-state index is 13.3. The number of rotatable bonds is 6. The fourth-order valence-electron chi connectivity index (χ4n) is 4.44. The first kappa shape index (κ1) is 25.1. The number of aryl methyl sites for hydroxylation is 1. The maximum Gasteiger partial charge on any atom is 0.259 e. The molecule has 5 rings (SSSR count). The number of hydrogen-bond acceptors (Lipinski definition) is 7. The van der Waals surface area contributed by atoms with Gasteiger partial charge in [-0.05, 0) is 80.8 Å². The number of aromatic nitrogens is 2. The average molecular weight is 518 g/mol. The van der Waals surface area contributed by atoms with Gasteiger partial charge < -0.3 is 15.1 Å². The van der Waals surface area contributed by atoms with Crippen LogP contribution in [0.5, 0.6) is 0 Å². The summed E-state index contributed by atoms with van der Waals surface area (Å²) in [4.78, 5) is 25.7. The second-order valence-corrected chi connectivity index (χ2v) is 12.1. The van der Waals surface area contributed by atoms with Gasteiger partial charge in [-0.25, -0.2) is 18.4 Å². The zero-order valence-electron chi connectivity index (χ0n) is 21.4. The second kappa shape index (κ2) is 10.1. The molecule has 1 amide bonds. The van der Waals surface area contributed by atoms with Crippen LogP contribution in [0.3, 0.4) is 0 Å². The number of nitrogens with one attached hydrogen (secondary N) is 1. The van der Waals surface area contributed by atoms with E-state index in [0.29, 0.717) is 22.0 Å². The molecule has 9 heteroatoms. The molecule has 3 aliphatic rings. The van der Waals surface area contributed by atoms with E-state index in [1.54, 1.807) is 19.1 Å². The zero-order valence-corrected chi connectivity index (χ0v) is 22.2. The number of allylic oxidation sites excluding steroid dienone is 4. The molecule has 2 heterocycles. The van der Waals surface area contributed by atoms with Crippen LogP contribution in [0.2, 0.25) is 0 Å². The van der Waals surface area contributed by atoms with Crippen molar-refractivity contribution in [1.82, 2.24) is 20.2 Å². The zero-order chi connectivity index (χ0) is 26.2. The Morgan fingerprint density at radius 2 is 1.73 bits per heavy atom. The Hall–Kier alpha value is -3.52. The summed E-state index contributed by atoms with van der Waals surface area (Å²) in [6.07, 6.45) is 9.93. The Morgan fingerprint density at radius 1 is 1.03 bits per heavy atom. The fourth-order valence-corrected chi connectivity index (χ4v) is 6.15. The van der Waals surface area contributed by atoms with Gasteiger partial charge in [-0.2, -0.15) is 0 Å². The van der Waals surface area contributed by atoms with Crippen molar-refractivity contribution in [3.63, 3.8) is 0 Å². The van der Waals surface area contributed by atoms with E-state index in [2.05, 4.69) is 43.9 Å². The van der Waals surface area contributed by atoms with Crippen molar-refractivity contribution in [3.05, 3.63) is 82.8 Å². The van der Waals surface area contributed by atoms with Crippen molar-refractivity contribution >= 4 is 27.0 Å². The molecular weight excluding hydrogens is 486 g/mol. The van der Waals surface area contributed by atoms with Crippen LogP contribution < -0.4 is 10.2 Å². The number of sulfone groups is 1. The van der Waals surface area contributed by atoms with Crippen LogP contribution in [0.25, 0.3) is 5.57 Å². The molecule has 37 heavy (non-hydrogen) atoms. The van der Waals surface area contributed by atoms with Crippen molar-refractivity contribution in [2.45, 2.75) is 36.8 Å². The van der Waals surface area contributed by atoms with Crippen LogP contribution in [0.4, 0.5) is 5.69 Å². The molecule has 2 fully saturated rings. The third-order valence-electron chi connectivity index (χ3n) is 6.94. The van der Waals surface area contributed by atoms with Crippen molar-refractivity contribution in [3.8, 4) is 0 Å². The highest BCUT2D eigenvalue weighted by molar-refractivity contribution is 7.92. The number of nitrogens with zero attached hydrogens (tertiary/aromatic N) is 4. The molecular formula is C28H31N5O3S. The van der Waals surface area contributed by atoms with Gasteiger partial charge in [0.15, 0.2) is 9.84 Å². The molecule has 1 saturated heterocycles. The summed E-state index contributed by atoms with van der Waals surface area (Å²) in [5, 5.41) is 2.57. The summed E-state index contributed by atoms with van der Waals surface area (Å²) in [6, 6.07) is 5.70. The van der Waals surface area contributed by atoms with E-state index in [-0.39, 0.29) is 11.2 Å². The number of anilines is 1. The summed E-state index contributed by atoms with van der Waals surface area (Å²) in [5.41, 5.74) is 7.57. The van der Waals surface area contributed by atoms with Gasteiger partial charge in [0.25, 0.3) is 5.91 Å². The Labute approximate surface area is 218 Å².